The molecular formula is C23H33NO5. The van der Waals surface area contributed by atoms with Crippen molar-refractivity contribution in [3.8, 4) is 11.5 Å². The van der Waals surface area contributed by atoms with Crippen molar-refractivity contribution in [1.82, 2.24) is 4.90 Å². The van der Waals surface area contributed by atoms with E-state index in [2.05, 4.69) is 6.07 Å². The molecule has 6 nitrogen and oxygen atoms in total. The second-order valence-corrected chi connectivity index (χ2v) is 9.33. The summed E-state index contributed by atoms with van der Waals surface area (Å²) < 4.78 is 17.0. The molecule has 1 aliphatic heterocycles. The lowest BCUT2D eigenvalue weighted by Gasteiger charge is -2.34. The van der Waals surface area contributed by atoms with E-state index in [0.717, 1.165) is 29.4 Å². The fraction of sp³-hybridized carbons (Fsp3) is 0.696. The summed E-state index contributed by atoms with van der Waals surface area (Å²) in [6, 6.07) is 6.02. The van der Waals surface area contributed by atoms with Gasteiger partial charge < -0.3 is 24.2 Å². The summed E-state index contributed by atoms with van der Waals surface area (Å²) in [6.07, 6.45) is 4.34. The van der Waals surface area contributed by atoms with Crippen molar-refractivity contribution in [2.45, 2.75) is 57.7 Å². The van der Waals surface area contributed by atoms with Crippen molar-refractivity contribution in [1.29, 1.82) is 0 Å². The Balaban J connectivity index is 1.62. The van der Waals surface area contributed by atoms with Crippen LogP contribution in [0.2, 0.25) is 0 Å². The lowest BCUT2D eigenvalue weighted by molar-refractivity contribution is 0.0469. The van der Waals surface area contributed by atoms with Gasteiger partial charge in [-0.1, -0.05) is 13.0 Å². The van der Waals surface area contributed by atoms with E-state index in [4.69, 9.17) is 14.2 Å². The normalized spacial score (nSPS) is 34.3. The van der Waals surface area contributed by atoms with Gasteiger partial charge in [0.25, 0.3) is 0 Å². The zero-order chi connectivity index (χ0) is 20.8. The Kier molecular flexibility index (Phi) is 5.40. The molecule has 1 saturated heterocycles. The van der Waals surface area contributed by atoms with Crippen LogP contribution in [0.25, 0.3) is 0 Å². The molecule has 2 aliphatic carbocycles. The van der Waals surface area contributed by atoms with Gasteiger partial charge in [-0.25, -0.2) is 4.79 Å². The molecule has 6 atom stereocenters. The highest BCUT2D eigenvalue weighted by Gasteiger charge is 2.49. The molecule has 0 radical (unpaired) electrons. The summed E-state index contributed by atoms with van der Waals surface area (Å²) in [5, 5.41) is 10.6. The number of benzene rings is 1. The maximum absolute atomic E-state index is 12.1. The molecule has 160 valence electrons. The van der Waals surface area contributed by atoms with Crippen molar-refractivity contribution >= 4 is 6.09 Å². The average Bonchev–Trinajstić information content (AvgIpc) is 3.42. The fourth-order valence-electron chi connectivity index (χ4n) is 5.69. The van der Waals surface area contributed by atoms with Crippen LogP contribution in [0.1, 0.15) is 51.0 Å². The Labute approximate surface area is 173 Å². The zero-order valence-corrected chi connectivity index (χ0v) is 17.9. The quantitative estimate of drug-likeness (QED) is 0.810. The van der Waals surface area contributed by atoms with Gasteiger partial charge in [-0.2, -0.15) is 0 Å². The maximum Gasteiger partial charge on any atom is 0.409 e. The standard InChI is InChI=1S/C23H33NO5/c1-14(25)23(2)13-24(22(26)28-4)12-18(23)16-7-8-19(27-3)21(11-16)29-20-10-15-5-6-17(20)9-15/h7-8,11,14-15,17-18,20,25H,5-6,9-10,12-13H2,1-4H3/t14-,15?,17?,18+,20?,23+/m1/s1. The number of nitrogens with zero attached hydrogens (tertiary/aromatic N) is 1. The summed E-state index contributed by atoms with van der Waals surface area (Å²) in [7, 11) is 3.06. The van der Waals surface area contributed by atoms with Crippen LogP contribution in [0.5, 0.6) is 11.5 Å². The van der Waals surface area contributed by atoms with Gasteiger partial charge in [-0.15, -0.1) is 0 Å². The fourth-order valence-corrected chi connectivity index (χ4v) is 5.69. The molecule has 6 heteroatoms. The highest BCUT2D eigenvalue weighted by molar-refractivity contribution is 5.68. The molecule has 1 amide bonds. The summed E-state index contributed by atoms with van der Waals surface area (Å²) in [6.45, 7) is 4.79. The number of likely N-dealkylation sites (tertiary alicyclic amines) is 1. The second-order valence-electron chi connectivity index (χ2n) is 9.33. The number of amides is 1. The van der Waals surface area contributed by atoms with Gasteiger partial charge in [0.2, 0.25) is 0 Å². The predicted molar refractivity (Wildman–Crippen MR) is 109 cm³/mol. The first-order valence-corrected chi connectivity index (χ1v) is 10.7. The number of carbonyl (C=O) groups is 1. The molecule has 3 aliphatic rings. The van der Waals surface area contributed by atoms with Crippen LogP contribution >= 0.6 is 0 Å². The molecule has 3 fully saturated rings. The van der Waals surface area contributed by atoms with Crippen molar-refractivity contribution < 1.29 is 24.1 Å². The topological polar surface area (TPSA) is 68.2 Å². The number of hydrogen-bond acceptors (Lipinski definition) is 5. The van der Waals surface area contributed by atoms with Crippen LogP contribution in [-0.2, 0) is 4.74 Å². The minimum absolute atomic E-state index is 0.0186. The van der Waals surface area contributed by atoms with E-state index in [1.165, 1.54) is 26.4 Å². The van der Waals surface area contributed by atoms with Crippen molar-refractivity contribution in [3.63, 3.8) is 0 Å². The van der Waals surface area contributed by atoms with Gasteiger partial charge in [0.1, 0.15) is 6.10 Å². The molecule has 0 spiro atoms. The third-order valence-corrected chi connectivity index (χ3v) is 7.66. The highest BCUT2D eigenvalue weighted by atomic mass is 16.5. The summed E-state index contributed by atoms with van der Waals surface area (Å²) in [5.41, 5.74) is 0.589. The lowest BCUT2D eigenvalue weighted by Crippen LogP contribution is -2.38. The predicted octanol–water partition coefficient (Wildman–Crippen LogP) is 3.82. The van der Waals surface area contributed by atoms with Crippen LogP contribution < -0.4 is 9.47 Å². The first kappa shape index (κ1) is 20.3. The van der Waals surface area contributed by atoms with E-state index in [1.807, 2.05) is 19.1 Å². The Bertz CT molecular complexity index is 766. The minimum atomic E-state index is -0.570. The van der Waals surface area contributed by atoms with E-state index in [0.29, 0.717) is 19.0 Å². The number of carbonyl (C=O) groups excluding carboxylic acids is 1. The smallest absolute Gasteiger partial charge is 0.409 e. The van der Waals surface area contributed by atoms with E-state index in [-0.39, 0.29) is 18.1 Å². The van der Waals surface area contributed by atoms with Crippen molar-refractivity contribution in [2.24, 2.45) is 17.3 Å². The number of aliphatic hydroxyl groups excluding tert-OH is 1. The number of aliphatic hydroxyl groups is 1. The Hall–Kier alpha value is -1.95. The van der Waals surface area contributed by atoms with Gasteiger partial charge in [0.15, 0.2) is 11.5 Å². The van der Waals surface area contributed by atoms with Gasteiger partial charge >= 0.3 is 6.09 Å². The molecule has 3 unspecified atom stereocenters. The second kappa shape index (κ2) is 7.71. The van der Waals surface area contributed by atoms with Crippen LogP contribution in [0.4, 0.5) is 4.79 Å². The van der Waals surface area contributed by atoms with Gasteiger partial charge in [-0.05, 0) is 62.1 Å². The van der Waals surface area contributed by atoms with E-state index >= 15 is 0 Å². The van der Waals surface area contributed by atoms with Crippen LogP contribution in [0.3, 0.4) is 0 Å². The lowest BCUT2D eigenvalue weighted by atomic mass is 9.72. The Morgan fingerprint density at radius 3 is 2.62 bits per heavy atom. The van der Waals surface area contributed by atoms with Crippen molar-refractivity contribution in [3.05, 3.63) is 23.8 Å². The molecule has 29 heavy (non-hydrogen) atoms. The van der Waals surface area contributed by atoms with Gasteiger partial charge in [0.05, 0.1) is 20.3 Å². The van der Waals surface area contributed by atoms with Crippen LogP contribution in [0.15, 0.2) is 18.2 Å². The van der Waals surface area contributed by atoms with Gasteiger partial charge in [0, 0.05) is 24.4 Å². The molecule has 1 heterocycles. The van der Waals surface area contributed by atoms with E-state index < -0.39 is 11.5 Å². The van der Waals surface area contributed by atoms with Crippen molar-refractivity contribution in [2.75, 3.05) is 27.3 Å². The molecule has 2 bridgehead atoms. The van der Waals surface area contributed by atoms with Crippen LogP contribution in [-0.4, -0.2) is 55.6 Å². The number of hydrogen-bond donors (Lipinski definition) is 1. The van der Waals surface area contributed by atoms with E-state index in [1.54, 1.807) is 18.9 Å². The Morgan fingerprint density at radius 1 is 1.24 bits per heavy atom. The summed E-state index contributed by atoms with van der Waals surface area (Å²) in [4.78, 5) is 13.8. The first-order valence-electron chi connectivity index (χ1n) is 10.7. The SMILES string of the molecule is COC(=O)N1C[C@@H](c2ccc(OC)c(OC3CC4CCC3C4)c2)[C@](C)([C@@H](C)O)C1. The molecule has 2 saturated carbocycles. The first-order chi connectivity index (χ1) is 13.9. The number of fused-ring (bicyclic) bond motifs is 2. The molecular weight excluding hydrogens is 370 g/mol. The molecule has 4 rings (SSSR count). The molecule has 1 aromatic carbocycles. The zero-order valence-electron chi connectivity index (χ0n) is 17.9. The van der Waals surface area contributed by atoms with Crippen LogP contribution in [0, 0.1) is 17.3 Å². The molecule has 1 aromatic rings. The van der Waals surface area contributed by atoms with Gasteiger partial charge in [-0.3, -0.25) is 0 Å². The monoisotopic (exact) mass is 403 g/mol. The molecule has 1 N–H and O–H groups in total. The average molecular weight is 404 g/mol. The third kappa shape index (κ3) is 3.56. The number of ether oxygens (including phenoxy) is 3. The number of methoxy groups -OCH3 is 2. The van der Waals surface area contributed by atoms with E-state index in [9.17, 15) is 9.90 Å². The highest BCUT2D eigenvalue weighted by Crippen LogP contribution is 2.49. The Morgan fingerprint density at radius 2 is 2.03 bits per heavy atom. The number of rotatable bonds is 5. The summed E-state index contributed by atoms with van der Waals surface area (Å²) in [5.74, 6) is 2.94. The summed E-state index contributed by atoms with van der Waals surface area (Å²) >= 11 is 0. The molecule has 0 aromatic heterocycles. The minimum Gasteiger partial charge on any atom is -0.493 e. The maximum atomic E-state index is 12.1. The largest absolute Gasteiger partial charge is 0.493 e. The third-order valence-electron chi connectivity index (χ3n) is 7.66.